The number of carbonyl (C=O) groups is 1. The molecular weight excluding hydrogens is 262 g/mol. The van der Waals surface area contributed by atoms with Gasteiger partial charge in [0.15, 0.2) is 0 Å². The van der Waals surface area contributed by atoms with Crippen LogP contribution in [-0.2, 0) is 6.54 Å². The summed E-state index contributed by atoms with van der Waals surface area (Å²) in [5.41, 5.74) is 6.52. The molecule has 0 aliphatic carbocycles. The maximum Gasteiger partial charge on any atom is 0.254 e. The summed E-state index contributed by atoms with van der Waals surface area (Å²) in [6.07, 6.45) is 0. The fraction of sp³-hybridized carbons (Fsp3) is 0.133. The summed E-state index contributed by atoms with van der Waals surface area (Å²) in [4.78, 5) is 13.5. The van der Waals surface area contributed by atoms with E-state index in [2.05, 4.69) is 0 Å². The van der Waals surface area contributed by atoms with Crippen molar-refractivity contribution in [3.8, 4) is 0 Å². The van der Waals surface area contributed by atoms with Crippen molar-refractivity contribution in [2.45, 2.75) is 6.54 Å². The van der Waals surface area contributed by atoms with E-state index in [1.165, 1.54) is 23.1 Å². The van der Waals surface area contributed by atoms with Gasteiger partial charge in [0.2, 0.25) is 0 Å². The highest BCUT2D eigenvalue weighted by molar-refractivity contribution is 5.94. The van der Waals surface area contributed by atoms with Crippen LogP contribution in [0.15, 0.2) is 42.5 Å². The van der Waals surface area contributed by atoms with E-state index in [1.807, 2.05) is 0 Å². The monoisotopic (exact) mass is 276 g/mol. The van der Waals surface area contributed by atoms with Crippen LogP contribution in [0.2, 0.25) is 0 Å². The minimum absolute atomic E-state index is 0.168. The molecule has 0 saturated carbocycles. The highest BCUT2D eigenvalue weighted by Gasteiger charge is 2.13. The van der Waals surface area contributed by atoms with Gasteiger partial charge in [-0.2, -0.15) is 0 Å². The van der Waals surface area contributed by atoms with Gasteiger partial charge in [-0.1, -0.05) is 12.1 Å². The Morgan fingerprint density at radius 2 is 1.90 bits per heavy atom. The zero-order chi connectivity index (χ0) is 14.7. The van der Waals surface area contributed by atoms with Crippen LogP contribution >= 0.6 is 0 Å². The summed E-state index contributed by atoms with van der Waals surface area (Å²) >= 11 is 0. The molecule has 0 aromatic heterocycles. The zero-order valence-electron chi connectivity index (χ0n) is 10.9. The van der Waals surface area contributed by atoms with Crippen molar-refractivity contribution in [1.82, 2.24) is 4.90 Å². The fourth-order valence-electron chi connectivity index (χ4n) is 1.94. The molecule has 0 atom stereocenters. The van der Waals surface area contributed by atoms with Gasteiger partial charge in [-0.15, -0.1) is 0 Å². The molecule has 0 bridgehead atoms. The van der Waals surface area contributed by atoms with Gasteiger partial charge in [-0.05, 0) is 35.9 Å². The van der Waals surface area contributed by atoms with E-state index in [1.54, 1.807) is 19.2 Å². The van der Waals surface area contributed by atoms with Crippen LogP contribution in [0.3, 0.4) is 0 Å². The Labute approximate surface area is 115 Å². The average molecular weight is 276 g/mol. The third-order valence-electron chi connectivity index (χ3n) is 2.82. The predicted octanol–water partition coefficient (Wildman–Crippen LogP) is 2.82. The number of amides is 1. The number of benzene rings is 2. The molecule has 5 heteroatoms. The first-order chi connectivity index (χ1) is 9.45. The largest absolute Gasteiger partial charge is 0.399 e. The number of nitrogens with two attached hydrogens (primary N) is 1. The van der Waals surface area contributed by atoms with Crippen molar-refractivity contribution >= 4 is 11.6 Å². The predicted molar refractivity (Wildman–Crippen MR) is 73.0 cm³/mol. The lowest BCUT2D eigenvalue weighted by Gasteiger charge is -2.17. The second kappa shape index (κ2) is 5.69. The molecule has 2 rings (SSSR count). The Morgan fingerprint density at radius 1 is 1.15 bits per heavy atom. The molecule has 0 unspecified atom stereocenters. The van der Waals surface area contributed by atoms with E-state index in [0.29, 0.717) is 5.56 Å². The molecule has 0 saturated heterocycles. The van der Waals surface area contributed by atoms with Crippen molar-refractivity contribution in [2.75, 3.05) is 12.8 Å². The van der Waals surface area contributed by atoms with Gasteiger partial charge in [-0.3, -0.25) is 4.79 Å². The number of carbonyl (C=O) groups excluding carboxylic acids is 1. The van der Waals surface area contributed by atoms with Crippen molar-refractivity contribution in [2.24, 2.45) is 0 Å². The van der Waals surface area contributed by atoms with Gasteiger partial charge >= 0.3 is 0 Å². The summed E-state index contributed by atoms with van der Waals surface area (Å²) in [7, 11) is 1.56. The van der Waals surface area contributed by atoms with Crippen LogP contribution in [0.1, 0.15) is 15.9 Å². The Kier molecular flexibility index (Phi) is 3.98. The lowest BCUT2D eigenvalue weighted by Crippen LogP contribution is -2.26. The van der Waals surface area contributed by atoms with Crippen LogP contribution in [0, 0.1) is 11.6 Å². The fourth-order valence-corrected chi connectivity index (χ4v) is 1.94. The van der Waals surface area contributed by atoms with Crippen LogP contribution in [0.25, 0.3) is 0 Å². The number of hydrogen-bond donors (Lipinski definition) is 1. The number of anilines is 1. The third-order valence-corrected chi connectivity index (χ3v) is 2.82. The summed E-state index contributed by atoms with van der Waals surface area (Å²) in [6.45, 7) is 0.229. The molecule has 0 heterocycles. The minimum atomic E-state index is -0.562. The van der Waals surface area contributed by atoms with E-state index in [0.717, 1.165) is 12.1 Å². The molecule has 0 fully saturated rings. The molecule has 0 spiro atoms. The molecule has 3 nitrogen and oxygen atoms in total. The Hall–Kier alpha value is -2.43. The first kappa shape index (κ1) is 14.0. The summed E-state index contributed by atoms with van der Waals surface area (Å²) in [5, 5.41) is 0. The van der Waals surface area contributed by atoms with Gasteiger partial charge < -0.3 is 10.6 Å². The number of rotatable bonds is 3. The first-order valence-corrected chi connectivity index (χ1v) is 6.01. The van der Waals surface area contributed by atoms with Crippen molar-refractivity contribution in [1.29, 1.82) is 0 Å². The number of hydrogen-bond acceptors (Lipinski definition) is 2. The molecule has 104 valence electrons. The topological polar surface area (TPSA) is 46.3 Å². The molecule has 0 aliphatic heterocycles. The lowest BCUT2D eigenvalue weighted by molar-refractivity contribution is 0.0784. The molecule has 2 aromatic rings. The van der Waals surface area contributed by atoms with Crippen molar-refractivity contribution in [3.05, 3.63) is 65.2 Å². The standard InChI is InChI=1S/C15H14F2N2O/c1-19(9-10-3-2-4-12(16)5-10)15(20)11-6-13(17)8-14(18)7-11/h2-8H,9,18H2,1H3. The van der Waals surface area contributed by atoms with E-state index in [-0.39, 0.29) is 29.5 Å². The Morgan fingerprint density at radius 3 is 2.55 bits per heavy atom. The molecular formula is C15H14F2N2O. The third kappa shape index (κ3) is 3.32. The van der Waals surface area contributed by atoms with E-state index in [9.17, 15) is 13.6 Å². The molecule has 0 aliphatic rings. The SMILES string of the molecule is CN(Cc1cccc(F)c1)C(=O)c1cc(N)cc(F)c1. The summed E-state index contributed by atoms with van der Waals surface area (Å²) in [6, 6.07) is 9.65. The zero-order valence-corrected chi connectivity index (χ0v) is 10.9. The van der Waals surface area contributed by atoms with E-state index < -0.39 is 5.82 Å². The second-order valence-electron chi connectivity index (χ2n) is 4.56. The quantitative estimate of drug-likeness (QED) is 0.876. The first-order valence-electron chi connectivity index (χ1n) is 6.01. The lowest BCUT2D eigenvalue weighted by atomic mass is 10.1. The molecule has 0 radical (unpaired) electrons. The van der Waals surface area contributed by atoms with E-state index >= 15 is 0 Å². The smallest absolute Gasteiger partial charge is 0.254 e. The average Bonchev–Trinajstić information content (AvgIpc) is 2.36. The molecule has 2 aromatic carbocycles. The van der Waals surface area contributed by atoms with Crippen molar-refractivity contribution < 1.29 is 13.6 Å². The minimum Gasteiger partial charge on any atom is -0.399 e. The van der Waals surface area contributed by atoms with Crippen molar-refractivity contribution in [3.63, 3.8) is 0 Å². The van der Waals surface area contributed by atoms with Gasteiger partial charge in [0.05, 0.1) is 0 Å². The maximum absolute atomic E-state index is 13.2. The van der Waals surface area contributed by atoms with Crippen LogP contribution < -0.4 is 5.73 Å². The van der Waals surface area contributed by atoms with Gasteiger partial charge in [0.1, 0.15) is 11.6 Å². The van der Waals surface area contributed by atoms with Gasteiger partial charge in [0.25, 0.3) is 5.91 Å². The van der Waals surface area contributed by atoms with Gasteiger partial charge in [-0.25, -0.2) is 8.78 Å². The van der Waals surface area contributed by atoms with Crippen LogP contribution in [0.5, 0.6) is 0 Å². The highest BCUT2D eigenvalue weighted by atomic mass is 19.1. The maximum atomic E-state index is 13.2. The van der Waals surface area contributed by atoms with Gasteiger partial charge in [0, 0.05) is 24.8 Å². The van der Waals surface area contributed by atoms with E-state index in [4.69, 9.17) is 5.73 Å². The summed E-state index contributed by atoms with van der Waals surface area (Å²) in [5.74, 6) is -1.30. The number of halogens is 2. The Bertz CT molecular complexity index is 623. The number of nitrogens with zero attached hydrogens (tertiary/aromatic N) is 1. The number of nitrogen functional groups attached to an aromatic ring is 1. The van der Waals surface area contributed by atoms with Crippen LogP contribution in [0.4, 0.5) is 14.5 Å². The normalized spacial score (nSPS) is 10.3. The molecule has 1 amide bonds. The summed E-state index contributed by atoms with van der Waals surface area (Å²) < 4.78 is 26.3. The second-order valence-corrected chi connectivity index (χ2v) is 4.56. The van der Waals surface area contributed by atoms with Crippen LogP contribution in [-0.4, -0.2) is 17.9 Å². The molecule has 20 heavy (non-hydrogen) atoms. The Balaban J connectivity index is 2.16. The molecule has 2 N–H and O–H groups in total. The highest BCUT2D eigenvalue weighted by Crippen LogP contribution is 2.14.